The molecule has 1 N–H and O–H groups in total. The van der Waals surface area contributed by atoms with E-state index >= 15 is 0 Å². The maximum Gasteiger partial charge on any atom is 0.139 e. The Bertz CT molecular complexity index is 1030. The van der Waals surface area contributed by atoms with Crippen molar-refractivity contribution in [2.45, 2.75) is 38.6 Å². The molecule has 1 aliphatic carbocycles. The predicted molar refractivity (Wildman–Crippen MR) is 104 cm³/mol. The molecule has 0 saturated heterocycles. The van der Waals surface area contributed by atoms with Crippen LogP contribution in [-0.4, -0.2) is 14.5 Å². The monoisotopic (exact) mass is 329 g/mol. The number of nitrogens with zero attached hydrogens (tertiary/aromatic N) is 2. The Kier molecular flexibility index (Phi) is 3.40. The molecule has 1 saturated carbocycles. The fourth-order valence-electron chi connectivity index (χ4n) is 4.58. The van der Waals surface area contributed by atoms with Gasteiger partial charge in [0.1, 0.15) is 5.65 Å². The van der Waals surface area contributed by atoms with Crippen LogP contribution >= 0.6 is 0 Å². The highest BCUT2D eigenvalue weighted by Crippen LogP contribution is 2.41. The van der Waals surface area contributed by atoms with Crippen LogP contribution in [0.4, 0.5) is 0 Å². The highest BCUT2D eigenvalue weighted by Gasteiger charge is 2.27. The second-order valence-electron chi connectivity index (χ2n) is 7.40. The van der Waals surface area contributed by atoms with Gasteiger partial charge in [-0.15, -0.1) is 0 Å². The van der Waals surface area contributed by atoms with Crippen LogP contribution < -0.4 is 0 Å². The van der Waals surface area contributed by atoms with Gasteiger partial charge < -0.3 is 9.55 Å². The van der Waals surface area contributed by atoms with E-state index in [0.29, 0.717) is 12.0 Å². The Morgan fingerprint density at radius 2 is 1.92 bits per heavy atom. The van der Waals surface area contributed by atoms with Gasteiger partial charge >= 0.3 is 0 Å². The van der Waals surface area contributed by atoms with E-state index in [1.165, 1.54) is 53.2 Å². The standard InChI is InChI=1S/C22H23N3/c1-15-7-5-6-10-19(15)25-20(16-8-3-2-4-9-16)13-17-14-24-22-18(21(17)25)11-12-23-22/h2-4,8-9,11-15,19H,5-7,10H2,1H3,(H,23,24)/t15-,19?/m1/s1. The van der Waals surface area contributed by atoms with E-state index in [2.05, 4.69) is 63.9 Å². The average molecular weight is 329 g/mol. The first-order chi connectivity index (χ1) is 12.3. The summed E-state index contributed by atoms with van der Waals surface area (Å²) < 4.78 is 2.62. The van der Waals surface area contributed by atoms with Crippen molar-refractivity contribution in [3.63, 3.8) is 0 Å². The number of aromatic amines is 1. The lowest BCUT2D eigenvalue weighted by molar-refractivity contribution is 0.265. The molecule has 1 fully saturated rings. The van der Waals surface area contributed by atoms with E-state index in [-0.39, 0.29) is 0 Å². The minimum absolute atomic E-state index is 0.557. The van der Waals surface area contributed by atoms with E-state index in [4.69, 9.17) is 0 Å². The van der Waals surface area contributed by atoms with Gasteiger partial charge in [-0.05, 0) is 36.5 Å². The molecule has 0 radical (unpaired) electrons. The maximum absolute atomic E-state index is 4.61. The number of pyridine rings is 1. The highest BCUT2D eigenvalue weighted by molar-refractivity contribution is 6.05. The summed E-state index contributed by atoms with van der Waals surface area (Å²) in [7, 11) is 0. The minimum Gasteiger partial charge on any atom is -0.346 e. The fourth-order valence-corrected chi connectivity index (χ4v) is 4.58. The third-order valence-corrected chi connectivity index (χ3v) is 5.85. The number of H-pyrrole nitrogens is 1. The van der Waals surface area contributed by atoms with Gasteiger partial charge in [0.15, 0.2) is 0 Å². The Hall–Kier alpha value is -2.55. The van der Waals surface area contributed by atoms with Gasteiger partial charge in [0, 0.05) is 34.9 Å². The zero-order valence-corrected chi connectivity index (χ0v) is 14.6. The molecular formula is C22H23N3. The molecule has 1 aromatic carbocycles. The van der Waals surface area contributed by atoms with Crippen LogP contribution in [0.5, 0.6) is 0 Å². The Morgan fingerprint density at radius 3 is 2.76 bits per heavy atom. The summed E-state index contributed by atoms with van der Waals surface area (Å²) >= 11 is 0. The molecule has 2 atom stereocenters. The molecule has 3 aromatic heterocycles. The molecule has 0 amide bonds. The molecule has 126 valence electrons. The largest absolute Gasteiger partial charge is 0.346 e. The van der Waals surface area contributed by atoms with Gasteiger partial charge in [-0.25, -0.2) is 4.98 Å². The molecule has 1 unspecified atom stereocenters. The lowest BCUT2D eigenvalue weighted by atomic mass is 9.85. The number of aromatic nitrogens is 3. The summed E-state index contributed by atoms with van der Waals surface area (Å²) in [6, 6.07) is 15.8. The first kappa shape index (κ1) is 14.8. The molecule has 3 heterocycles. The molecule has 1 aliphatic rings. The van der Waals surface area contributed by atoms with Crippen LogP contribution in [0.1, 0.15) is 38.6 Å². The summed E-state index contributed by atoms with van der Waals surface area (Å²) in [4.78, 5) is 7.89. The van der Waals surface area contributed by atoms with Gasteiger partial charge in [-0.2, -0.15) is 0 Å². The molecule has 0 bridgehead atoms. The van der Waals surface area contributed by atoms with E-state index < -0.39 is 0 Å². The molecule has 3 nitrogen and oxygen atoms in total. The van der Waals surface area contributed by atoms with Crippen LogP contribution in [0.3, 0.4) is 0 Å². The van der Waals surface area contributed by atoms with Crippen molar-refractivity contribution < 1.29 is 0 Å². The van der Waals surface area contributed by atoms with Gasteiger partial charge in [-0.1, -0.05) is 50.1 Å². The van der Waals surface area contributed by atoms with E-state index in [1.807, 2.05) is 12.4 Å². The molecule has 25 heavy (non-hydrogen) atoms. The zero-order valence-electron chi connectivity index (χ0n) is 14.6. The molecule has 4 aromatic rings. The Labute approximate surface area is 147 Å². The molecule has 5 rings (SSSR count). The number of benzene rings is 1. The number of fused-ring (bicyclic) bond motifs is 3. The minimum atomic E-state index is 0.557. The van der Waals surface area contributed by atoms with Crippen LogP contribution in [-0.2, 0) is 0 Å². The lowest BCUT2D eigenvalue weighted by Crippen LogP contribution is -2.21. The van der Waals surface area contributed by atoms with Crippen molar-refractivity contribution in [1.82, 2.24) is 14.5 Å². The molecule has 0 aliphatic heterocycles. The number of hydrogen-bond donors (Lipinski definition) is 1. The second kappa shape index (κ2) is 5.76. The number of rotatable bonds is 2. The van der Waals surface area contributed by atoms with Crippen molar-refractivity contribution >= 4 is 21.9 Å². The average Bonchev–Trinajstić information content (AvgIpc) is 3.26. The lowest BCUT2D eigenvalue weighted by Gasteiger charge is -2.32. The van der Waals surface area contributed by atoms with E-state index in [0.717, 1.165) is 5.65 Å². The van der Waals surface area contributed by atoms with Crippen molar-refractivity contribution in [2.24, 2.45) is 5.92 Å². The van der Waals surface area contributed by atoms with Crippen molar-refractivity contribution in [3.05, 3.63) is 54.9 Å². The van der Waals surface area contributed by atoms with Crippen LogP contribution in [0.15, 0.2) is 54.9 Å². The van der Waals surface area contributed by atoms with Gasteiger partial charge in [0.05, 0.1) is 5.52 Å². The topological polar surface area (TPSA) is 33.6 Å². The highest BCUT2D eigenvalue weighted by atomic mass is 15.0. The first-order valence-electron chi connectivity index (χ1n) is 9.35. The normalized spacial score (nSPS) is 21.2. The van der Waals surface area contributed by atoms with Crippen LogP contribution in [0.25, 0.3) is 33.2 Å². The van der Waals surface area contributed by atoms with Crippen LogP contribution in [0.2, 0.25) is 0 Å². The third kappa shape index (κ3) is 2.30. The van der Waals surface area contributed by atoms with Gasteiger partial charge in [0.25, 0.3) is 0 Å². The van der Waals surface area contributed by atoms with Crippen molar-refractivity contribution in [2.75, 3.05) is 0 Å². The summed E-state index contributed by atoms with van der Waals surface area (Å²) in [6.45, 7) is 2.42. The quantitative estimate of drug-likeness (QED) is 0.485. The Morgan fingerprint density at radius 1 is 1.08 bits per heavy atom. The second-order valence-corrected chi connectivity index (χ2v) is 7.40. The fraction of sp³-hybridized carbons (Fsp3) is 0.318. The SMILES string of the molecule is C[C@@H]1CCCCC1n1c(-c2ccccc2)cc2cnc3[nH]ccc3c21. The number of nitrogens with one attached hydrogen (secondary N) is 1. The summed E-state index contributed by atoms with van der Waals surface area (Å²) in [5.41, 5.74) is 4.93. The van der Waals surface area contributed by atoms with Crippen molar-refractivity contribution in [3.8, 4) is 11.3 Å². The molecule has 0 spiro atoms. The Balaban J connectivity index is 1.85. The van der Waals surface area contributed by atoms with E-state index in [9.17, 15) is 0 Å². The zero-order chi connectivity index (χ0) is 16.8. The smallest absolute Gasteiger partial charge is 0.139 e. The first-order valence-corrected chi connectivity index (χ1v) is 9.35. The molecular weight excluding hydrogens is 306 g/mol. The van der Waals surface area contributed by atoms with Crippen molar-refractivity contribution in [1.29, 1.82) is 0 Å². The summed E-state index contributed by atoms with van der Waals surface area (Å²) in [5, 5.41) is 2.47. The van der Waals surface area contributed by atoms with E-state index in [1.54, 1.807) is 0 Å². The maximum atomic E-state index is 4.61. The summed E-state index contributed by atoms with van der Waals surface area (Å²) in [6.07, 6.45) is 9.29. The third-order valence-electron chi connectivity index (χ3n) is 5.85. The molecule has 3 heteroatoms. The van der Waals surface area contributed by atoms with Gasteiger partial charge in [0.2, 0.25) is 0 Å². The van der Waals surface area contributed by atoms with Gasteiger partial charge in [-0.3, -0.25) is 0 Å². The summed E-state index contributed by atoms with van der Waals surface area (Å²) in [5.74, 6) is 0.703. The number of hydrogen-bond acceptors (Lipinski definition) is 1. The van der Waals surface area contributed by atoms with Crippen LogP contribution in [0, 0.1) is 5.92 Å². The predicted octanol–water partition coefficient (Wildman–Crippen LogP) is 5.94.